The van der Waals surface area contributed by atoms with E-state index in [1.54, 1.807) is 0 Å². The second kappa shape index (κ2) is 5.14. The van der Waals surface area contributed by atoms with Crippen molar-refractivity contribution < 1.29 is 9.47 Å². The van der Waals surface area contributed by atoms with Crippen LogP contribution < -0.4 is 10.1 Å². The van der Waals surface area contributed by atoms with E-state index in [9.17, 15) is 0 Å². The van der Waals surface area contributed by atoms with E-state index >= 15 is 0 Å². The fourth-order valence-electron chi connectivity index (χ4n) is 2.11. The molecule has 1 heterocycles. The monoisotopic (exact) mass is 263 g/mol. The van der Waals surface area contributed by atoms with Gasteiger partial charge in [-0.15, -0.1) is 0 Å². The van der Waals surface area contributed by atoms with E-state index in [1.807, 2.05) is 12.1 Å². The maximum Gasteiger partial charge on any atom is 0.120 e. The fourth-order valence-corrected chi connectivity index (χ4v) is 2.11. The molecule has 1 aromatic carbocycles. The zero-order valence-electron chi connectivity index (χ0n) is 12.6. The molecule has 1 fully saturated rings. The van der Waals surface area contributed by atoms with Gasteiger partial charge in [-0.05, 0) is 52.3 Å². The maximum atomic E-state index is 5.92. The number of hydrogen-bond acceptors (Lipinski definition) is 3. The highest BCUT2D eigenvalue weighted by molar-refractivity contribution is 5.29. The lowest BCUT2D eigenvalue weighted by Crippen LogP contribution is -2.50. The van der Waals surface area contributed by atoms with Crippen molar-refractivity contribution in [3.8, 4) is 5.75 Å². The lowest BCUT2D eigenvalue weighted by atomic mass is 10.0. The van der Waals surface area contributed by atoms with Gasteiger partial charge in [-0.25, -0.2) is 0 Å². The molecule has 2 rings (SSSR count). The van der Waals surface area contributed by atoms with Gasteiger partial charge >= 0.3 is 0 Å². The third-order valence-corrected chi connectivity index (χ3v) is 3.09. The molecule has 1 atom stereocenters. The first-order valence-corrected chi connectivity index (χ1v) is 6.91. The molecule has 0 amide bonds. The number of nitrogens with one attached hydrogen (secondary N) is 1. The van der Waals surface area contributed by atoms with Gasteiger partial charge in [0, 0.05) is 12.1 Å². The van der Waals surface area contributed by atoms with E-state index in [1.165, 1.54) is 5.56 Å². The van der Waals surface area contributed by atoms with E-state index in [0.717, 1.165) is 18.9 Å². The lowest BCUT2D eigenvalue weighted by Gasteiger charge is -2.36. The molecule has 1 N–H and O–H groups in total. The second-order valence-electron chi connectivity index (χ2n) is 6.85. The molecular weight excluding hydrogens is 238 g/mol. The Morgan fingerprint density at radius 3 is 2.32 bits per heavy atom. The zero-order chi connectivity index (χ0) is 14.1. The van der Waals surface area contributed by atoms with Gasteiger partial charge < -0.3 is 14.8 Å². The summed E-state index contributed by atoms with van der Waals surface area (Å²) < 4.78 is 11.7. The maximum absolute atomic E-state index is 5.92. The van der Waals surface area contributed by atoms with Crippen LogP contribution in [0.4, 0.5) is 0 Å². The van der Waals surface area contributed by atoms with Crippen molar-refractivity contribution in [1.82, 2.24) is 5.32 Å². The Hall–Kier alpha value is -1.06. The first-order valence-electron chi connectivity index (χ1n) is 6.91. The smallest absolute Gasteiger partial charge is 0.120 e. The topological polar surface area (TPSA) is 30.5 Å². The Balaban J connectivity index is 1.99. The van der Waals surface area contributed by atoms with Crippen molar-refractivity contribution in [2.24, 2.45) is 0 Å². The molecule has 0 bridgehead atoms. The first kappa shape index (κ1) is 14.4. The Morgan fingerprint density at radius 1 is 1.21 bits per heavy atom. The zero-order valence-corrected chi connectivity index (χ0v) is 12.6. The van der Waals surface area contributed by atoms with Crippen LogP contribution in [-0.2, 0) is 4.74 Å². The summed E-state index contributed by atoms with van der Waals surface area (Å²) in [7, 11) is 0. The molecule has 3 heteroatoms. The highest BCUT2D eigenvalue weighted by Crippen LogP contribution is 2.26. The standard InChI is InChI=1S/C16H25NO2/c1-15(2,3)19-13-8-6-12(7-9-13)14-10-17-16(4,5)11-18-14/h6-9,14,17H,10-11H2,1-5H3. The van der Waals surface area contributed by atoms with Crippen molar-refractivity contribution in [3.63, 3.8) is 0 Å². The summed E-state index contributed by atoms with van der Waals surface area (Å²) in [5.74, 6) is 0.903. The van der Waals surface area contributed by atoms with Gasteiger partial charge in [0.2, 0.25) is 0 Å². The number of hydrogen-bond donors (Lipinski definition) is 1. The van der Waals surface area contributed by atoms with Crippen molar-refractivity contribution in [1.29, 1.82) is 0 Å². The summed E-state index contributed by atoms with van der Waals surface area (Å²) in [6.45, 7) is 12.1. The summed E-state index contributed by atoms with van der Waals surface area (Å²) in [5.41, 5.74) is 1.12. The third kappa shape index (κ3) is 4.22. The van der Waals surface area contributed by atoms with Crippen molar-refractivity contribution in [3.05, 3.63) is 29.8 Å². The molecule has 0 saturated carbocycles. The Morgan fingerprint density at radius 2 is 1.84 bits per heavy atom. The van der Waals surface area contributed by atoms with Crippen LogP contribution in [0.1, 0.15) is 46.3 Å². The summed E-state index contributed by atoms with van der Waals surface area (Å²) in [5, 5.41) is 3.50. The molecule has 0 radical (unpaired) electrons. The first-order chi connectivity index (χ1) is 8.75. The molecule has 1 unspecified atom stereocenters. The van der Waals surface area contributed by atoms with Gasteiger partial charge in [0.05, 0.1) is 12.7 Å². The van der Waals surface area contributed by atoms with Crippen molar-refractivity contribution >= 4 is 0 Å². The average Bonchev–Trinajstić information content (AvgIpc) is 2.28. The van der Waals surface area contributed by atoms with Gasteiger partial charge in [0.15, 0.2) is 0 Å². The van der Waals surface area contributed by atoms with Crippen LogP contribution in [0.25, 0.3) is 0 Å². The van der Waals surface area contributed by atoms with Gasteiger partial charge in [0.25, 0.3) is 0 Å². The number of benzene rings is 1. The molecule has 1 saturated heterocycles. The molecular formula is C16H25NO2. The minimum absolute atomic E-state index is 0.0752. The highest BCUT2D eigenvalue weighted by Gasteiger charge is 2.27. The van der Waals surface area contributed by atoms with E-state index in [0.29, 0.717) is 0 Å². The van der Waals surface area contributed by atoms with Crippen LogP contribution in [0.3, 0.4) is 0 Å². The number of morpholine rings is 1. The van der Waals surface area contributed by atoms with Crippen LogP contribution in [0.5, 0.6) is 5.75 Å². The molecule has 0 spiro atoms. The van der Waals surface area contributed by atoms with Crippen LogP contribution in [-0.4, -0.2) is 24.3 Å². The minimum Gasteiger partial charge on any atom is -0.488 e. The molecule has 1 aliphatic rings. The van der Waals surface area contributed by atoms with Crippen LogP contribution in [0.2, 0.25) is 0 Å². The number of ether oxygens (including phenoxy) is 2. The van der Waals surface area contributed by atoms with E-state index in [2.05, 4.69) is 52.1 Å². The normalized spacial score (nSPS) is 23.1. The minimum atomic E-state index is -0.158. The average molecular weight is 263 g/mol. The van der Waals surface area contributed by atoms with Crippen LogP contribution in [0, 0.1) is 0 Å². The highest BCUT2D eigenvalue weighted by atomic mass is 16.5. The van der Waals surface area contributed by atoms with E-state index in [4.69, 9.17) is 9.47 Å². The predicted molar refractivity (Wildman–Crippen MR) is 77.6 cm³/mol. The molecule has 0 aromatic heterocycles. The Kier molecular flexibility index (Phi) is 3.88. The number of rotatable bonds is 2. The van der Waals surface area contributed by atoms with Crippen molar-refractivity contribution in [2.75, 3.05) is 13.2 Å². The molecule has 0 aliphatic carbocycles. The van der Waals surface area contributed by atoms with Gasteiger partial charge in [-0.2, -0.15) is 0 Å². The molecule has 19 heavy (non-hydrogen) atoms. The largest absolute Gasteiger partial charge is 0.488 e. The molecule has 1 aromatic rings. The van der Waals surface area contributed by atoms with Crippen molar-refractivity contribution in [2.45, 2.75) is 51.9 Å². The van der Waals surface area contributed by atoms with Gasteiger partial charge in [-0.1, -0.05) is 12.1 Å². The predicted octanol–water partition coefficient (Wildman–Crippen LogP) is 3.30. The second-order valence-corrected chi connectivity index (χ2v) is 6.85. The van der Waals surface area contributed by atoms with E-state index < -0.39 is 0 Å². The summed E-state index contributed by atoms with van der Waals surface area (Å²) in [6, 6.07) is 8.21. The molecule has 1 aliphatic heterocycles. The summed E-state index contributed by atoms with van der Waals surface area (Å²) in [4.78, 5) is 0. The Labute approximate surface area is 116 Å². The quantitative estimate of drug-likeness (QED) is 0.888. The van der Waals surface area contributed by atoms with Crippen LogP contribution in [0.15, 0.2) is 24.3 Å². The molecule has 3 nitrogen and oxygen atoms in total. The lowest BCUT2D eigenvalue weighted by molar-refractivity contribution is -0.0229. The Bertz CT molecular complexity index is 407. The fraction of sp³-hybridized carbons (Fsp3) is 0.625. The van der Waals surface area contributed by atoms with Crippen LogP contribution >= 0.6 is 0 Å². The third-order valence-electron chi connectivity index (χ3n) is 3.09. The van der Waals surface area contributed by atoms with Gasteiger partial charge in [0.1, 0.15) is 11.4 Å². The van der Waals surface area contributed by atoms with E-state index in [-0.39, 0.29) is 17.2 Å². The molecule has 106 valence electrons. The SMILES string of the molecule is CC1(C)COC(c2ccc(OC(C)(C)C)cc2)CN1. The summed E-state index contributed by atoms with van der Waals surface area (Å²) in [6.07, 6.45) is 0.136. The van der Waals surface area contributed by atoms with Gasteiger partial charge in [-0.3, -0.25) is 0 Å². The summed E-state index contributed by atoms with van der Waals surface area (Å²) >= 11 is 0.